The Balaban J connectivity index is 2.22. The molecule has 2 nitrogen and oxygen atoms in total. The second-order valence-electron chi connectivity index (χ2n) is 4.97. The lowest BCUT2D eigenvalue weighted by Gasteiger charge is -2.09. The van der Waals surface area contributed by atoms with Crippen molar-refractivity contribution in [1.82, 2.24) is 4.57 Å². The largest absolute Gasteiger partial charge is 0.392 e. The highest BCUT2D eigenvalue weighted by Gasteiger charge is 2.16. The zero-order valence-corrected chi connectivity index (χ0v) is 12.1. The smallest absolute Gasteiger partial charge is 0.115 e. The molecule has 0 atom stereocenters. The highest BCUT2D eigenvalue weighted by Crippen LogP contribution is 2.32. The van der Waals surface area contributed by atoms with Crippen molar-refractivity contribution < 1.29 is 5.11 Å². The van der Waals surface area contributed by atoms with Crippen LogP contribution >= 0.6 is 11.6 Å². The molecule has 1 heterocycles. The summed E-state index contributed by atoms with van der Waals surface area (Å²) in [5.41, 5.74) is 4.27. The molecule has 0 aliphatic carbocycles. The molecule has 0 saturated heterocycles. The van der Waals surface area contributed by atoms with Crippen molar-refractivity contribution in [3.8, 4) is 0 Å². The Hall–Kier alpha value is -1.77. The number of halogens is 1. The number of hydrogen-bond donors (Lipinski definition) is 1. The van der Waals surface area contributed by atoms with E-state index in [0.29, 0.717) is 11.7 Å². The second-order valence-corrected chi connectivity index (χ2v) is 5.33. The van der Waals surface area contributed by atoms with Gasteiger partial charge < -0.3 is 9.67 Å². The molecule has 1 N–H and O–H groups in total. The molecule has 0 radical (unpaired) electrons. The van der Waals surface area contributed by atoms with Crippen molar-refractivity contribution in [2.75, 3.05) is 0 Å². The first-order valence-corrected chi connectivity index (χ1v) is 7.01. The standard InChI is InChI=1S/C17H16ClNO/c1-12-6-5-9-14-15(11-20)17(18)19(16(12)14)10-13-7-3-2-4-8-13/h2-9,20H,10-11H2,1H3. The molecule has 20 heavy (non-hydrogen) atoms. The molecule has 3 rings (SSSR count). The maximum atomic E-state index is 9.59. The Kier molecular flexibility index (Phi) is 3.51. The third-order valence-electron chi connectivity index (χ3n) is 3.66. The summed E-state index contributed by atoms with van der Waals surface area (Å²) in [6, 6.07) is 16.3. The maximum absolute atomic E-state index is 9.59. The molecule has 0 spiro atoms. The first kappa shape index (κ1) is 13.2. The Labute approximate surface area is 123 Å². The van der Waals surface area contributed by atoms with Crippen LogP contribution in [0.2, 0.25) is 5.15 Å². The third-order valence-corrected chi connectivity index (χ3v) is 4.09. The molecule has 0 aliphatic heterocycles. The summed E-state index contributed by atoms with van der Waals surface area (Å²) in [5.74, 6) is 0. The highest BCUT2D eigenvalue weighted by molar-refractivity contribution is 6.32. The van der Waals surface area contributed by atoms with Crippen molar-refractivity contribution in [3.63, 3.8) is 0 Å². The van der Waals surface area contributed by atoms with E-state index in [1.54, 1.807) is 0 Å². The average Bonchev–Trinajstić information content (AvgIpc) is 2.73. The van der Waals surface area contributed by atoms with E-state index in [1.807, 2.05) is 30.3 Å². The van der Waals surface area contributed by atoms with Gasteiger partial charge in [0.2, 0.25) is 0 Å². The van der Waals surface area contributed by atoms with Crippen LogP contribution in [0.5, 0.6) is 0 Å². The van der Waals surface area contributed by atoms with Gasteiger partial charge in [0, 0.05) is 17.5 Å². The second kappa shape index (κ2) is 5.31. The lowest BCUT2D eigenvalue weighted by atomic mass is 10.1. The molecule has 3 aromatic rings. The Morgan fingerprint density at radius 3 is 2.50 bits per heavy atom. The molecule has 0 unspecified atom stereocenters. The van der Waals surface area contributed by atoms with E-state index in [-0.39, 0.29) is 6.61 Å². The minimum absolute atomic E-state index is 0.0411. The van der Waals surface area contributed by atoms with Gasteiger partial charge in [-0.2, -0.15) is 0 Å². The first-order valence-electron chi connectivity index (χ1n) is 6.63. The van der Waals surface area contributed by atoms with Crippen molar-refractivity contribution in [1.29, 1.82) is 0 Å². The molecular weight excluding hydrogens is 270 g/mol. The Morgan fingerprint density at radius 1 is 1.05 bits per heavy atom. The van der Waals surface area contributed by atoms with E-state index >= 15 is 0 Å². The predicted molar refractivity (Wildman–Crippen MR) is 83.2 cm³/mol. The molecule has 0 bridgehead atoms. The highest BCUT2D eigenvalue weighted by atomic mass is 35.5. The van der Waals surface area contributed by atoms with Crippen LogP contribution in [0.25, 0.3) is 10.9 Å². The molecule has 1 aromatic heterocycles. The van der Waals surface area contributed by atoms with Gasteiger partial charge in [-0.05, 0) is 18.1 Å². The number of aliphatic hydroxyl groups is 1. The van der Waals surface area contributed by atoms with Crippen molar-refractivity contribution >= 4 is 22.5 Å². The molecular formula is C17H16ClNO. The van der Waals surface area contributed by atoms with Crippen molar-refractivity contribution in [2.45, 2.75) is 20.1 Å². The van der Waals surface area contributed by atoms with E-state index in [1.165, 1.54) is 11.1 Å². The average molecular weight is 286 g/mol. The van der Waals surface area contributed by atoms with Gasteiger partial charge in [-0.15, -0.1) is 0 Å². The van der Waals surface area contributed by atoms with Crippen LogP contribution in [0.4, 0.5) is 0 Å². The topological polar surface area (TPSA) is 25.2 Å². The van der Waals surface area contributed by atoms with Crippen LogP contribution in [0, 0.1) is 6.92 Å². The summed E-state index contributed by atoms with van der Waals surface area (Å²) in [7, 11) is 0. The number of fused-ring (bicyclic) bond motifs is 1. The SMILES string of the molecule is Cc1cccc2c(CO)c(Cl)n(Cc3ccccc3)c12. The number of hydrogen-bond acceptors (Lipinski definition) is 1. The van der Waals surface area contributed by atoms with Crippen molar-refractivity contribution in [2.24, 2.45) is 0 Å². The molecule has 102 valence electrons. The zero-order valence-electron chi connectivity index (χ0n) is 11.3. The van der Waals surface area contributed by atoms with Gasteiger partial charge in [-0.3, -0.25) is 0 Å². The quantitative estimate of drug-likeness (QED) is 0.768. The summed E-state index contributed by atoms with van der Waals surface area (Å²) in [6.07, 6.45) is 0. The van der Waals surface area contributed by atoms with Gasteiger partial charge >= 0.3 is 0 Å². The van der Waals surface area contributed by atoms with Crippen LogP contribution in [-0.2, 0) is 13.2 Å². The molecule has 0 amide bonds. The van der Waals surface area contributed by atoms with E-state index in [4.69, 9.17) is 11.6 Å². The summed E-state index contributed by atoms with van der Waals surface area (Å²) in [5, 5.41) is 11.3. The monoisotopic (exact) mass is 285 g/mol. The van der Waals surface area contributed by atoms with Gasteiger partial charge in [0.15, 0.2) is 0 Å². The van der Waals surface area contributed by atoms with Crippen LogP contribution in [0.15, 0.2) is 48.5 Å². The minimum atomic E-state index is -0.0411. The number of benzene rings is 2. The lowest BCUT2D eigenvalue weighted by molar-refractivity contribution is 0.283. The summed E-state index contributed by atoms with van der Waals surface area (Å²) in [4.78, 5) is 0. The van der Waals surface area contributed by atoms with E-state index in [9.17, 15) is 5.11 Å². The summed E-state index contributed by atoms with van der Waals surface area (Å²) in [6.45, 7) is 2.74. The number of para-hydroxylation sites is 1. The van der Waals surface area contributed by atoms with E-state index in [2.05, 4.69) is 29.7 Å². The van der Waals surface area contributed by atoms with Gasteiger partial charge in [0.1, 0.15) is 5.15 Å². The predicted octanol–water partition coefficient (Wildman–Crippen LogP) is 4.14. The molecule has 0 aliphatic rings. The Bertz CT molecular complexity index is 747. The van der Waals surface area contributed by atoms with Gasteiger partial charge in [0.05, 0.1) is 12.1 Å². The number of aromatic nitrogens is 1. The first-order chi connectivity index (χ1) is 9.72. The fourth-order valence-electron chi connectivity index (χ4n) is 2.70. The summed E-state index contributed by atoms with van der Waals surface area (Å²) < 4.78 is 2.08. The normalized spacial score (nSPS) is 11.2. The van der Waals surface area contributed by atoms with Gasteiger partial charge in [-0.1, -0.05) is 60.1 Å². The third kappa shape index (κ3) is 2.11. The van der Waals surface area contributed by atoms with E-state index in [0.717, 1.165) is 16.5 Å². The lowest BCUT2D eigenvalue weighted by Crippen LogP contribution is -2.00. The van der Waals surface area contributed by atoms with Crippen LogP contribution in [-0.4, -0.2) is 9.67 Å². The number of aliphatic hydroxyl groups excluding tert-OH is 1. The summed E-state index contributed by atoms with van der Waals surface area (Å²) >= 11 is 6.48. The number of aryl methyl sites for hydroxylation is 1. The maximum Gasteiger partial charge on any atom is 0.115 e. The van der Waals surface area contributed by atoms with Crippen LogP contribution in [0.3, 0.4) is 0 Å². The minimum Gasteiger partial charge on any atom is -0.392 e. The number of nitrogens with zero attached hydrogens (tertiary/aromatic N) is 1. The Morgan fingerprint density at radius 2 is 1.80 bits per heavy atom. The fraction of sp³-hybridized carbons (Fsp3) is 0.176. The van der Waals surface area contributed by atoms with Gasteiger partial charge in [0.25, 0.3) is 0 Å². The zero-order chi connectivity index (χ0) is 14.1. The molecule has 2 aromatic carbocycles. The fourth-order valence-corrected chi connectivity index (χ4v) is 3.00. The van der Waals surface area contributed by atoms with E-state index < -0.39 is 0 Å². The van der Waals surface area contributed by atoms with Gasteiger partial charge in [-0.25, -0.2) is 0 Å². The molecule has 3 heteroatoms. The number of rotatable bonds is 3. The van der Waals surface area contributed by atoms with Crippen LogP contribution in [0.1, 0.15) is 16.7 Å². The van der Waals surface area contributed by atoms with Crippen molar-refractivity contribution in [3.05, 3.63) is 70.4 Å². The molecule has 0 fully saturated rings. The van der Waals surface area contributed by atoms with Crippen LogP contribution < -0.4 is 0 Å². The molecule has 0 saturated carbocycles.